The summed E-state index contributed by atoms with van der Waals surface area (Å²) in [7, 11) is -2.82. The molecule has 1 aliphatic heterocycles. The van der Waals surface area contributed by atoms with Gasteiger partial charge in [0.05, 0.1) is 11.3 Å². The molecule has 0 saturated heterocycles. The van der Waals surface area contributed by atoms with Crippen molar-refractivity contribution in [3.05, 3.63) is 89.3 Å². The van der Waals surface area contributed by atoms with Crippen molar-refractivity contribution < 1.29 is 31.5 Å². The Hall–Kier alpha value is -4.62. The van der Waals surface area contributed by atoms with E-state index >= 15 is 4.39 Å². The highest BCUT2D eigenvalue weighted by molar-refractivity contribution is 7.90. The van der Waals surface area contributed by atoms with Gasteiger partial charge in [0.15, 0.2) is 5.82 Å². The monoisotopic (exact) mass is 651 g/mol. The van der Waals surface area contributed by atoms with Crippen molar-refractivity contribution in [2.45, 2.75) is 39.7 Å². The number of benzene rings is 2. The largest absolute Gasteiger partial charge is 0.444 e. The Morgan fingerprint density at radius 2 is 1.78 bits per heavy atom. The lowest BCUT2D eigenvalue weighted by Crippen LogP contribution is -2.39. The van der Waals surface area contributed by atoms with Crippen LogP contribution in [0.3, 0.4) is 0 Å². The minimum Gasteiger partial charge on any atom is -0.444 e. The predicted octanol–water partition coefficient (Wildman–Crippen LogP) is 6.37. The molecule has 46 heavy (non-hydrogen) atoms. The quantitative estimate of drug-likeness (QED) is 0.213. The Morgan fingerprint density at radius 3 is 2.41 bits per heavy atom. The van der Waals surface area contributed by atoms with Gasteiger partial charge in [0, 0.05) is 55.6 Å². The molecule has 4 aromatic rings. The van der Waals surface area contributed by atoms with Gasteiger partial charge in [-0.3, -0.25) is 9.52 Å². The zero-order valence-electron chi connectivity index (χ0n) is 26.1. The lowest BCUT2D eigenvalue weighted by Gasteiger charge is -2.29. The first-order valence-electron chi connectivity index (χ1n) is 14.7. The average Bonchev–Trinajstić information content (AvgIpc) is 3.45. The zero-order chi connectivity index (χ0) is 33.4. The number of halogens is 2. The van der Waals surface area contributed by atoms with Crippen molar-refractivity contribution in [1.82, 2.24) is 19.2 Å². The van der Waals surface area contributed by atoms with E-state index in [1.807, 2.05) is 51.1 Å². The molecule has 1 amide bonds. The molecule has 0 aliphatic carbocycles. The highest BCUT2D eigenvalue weighted by atomic mass is 32.2. The van der Waals surface area contributed by atoms with Crippen LogP contribution in [-0.2, 0) is 14.9 Å². The molecule has 0 spiro atoms. The Labute approximate surface area is 266 Å². The van der Waals surface area contributed by atoms with E-state index in [-0.39, 0.29) is 18.2 Å². The van der Waals surface area contributed by atoms with Crippen LogP contribution in [0, 0.1) is 11.6 Å². The first-order valence-corrected chi connectivity index (χ1v) is 16.1. The first-order chi connectivity index (χ1) is 21.7. The maximum Gasteiger partial charge on any atom is 0.410 e. The standard InChI is InChI=1S/C33H35F2N5O5S/c1-6-39(5)46(43,44)38-27-12-11-26(34)28(29(27)35)30(41)25-19-37-31-24(25)17-23(18-36-31)21-9-7-20(8-10-21)22-13-15-40(16-14-22)32(42)45-33(2,3)4/h7-13,17-19,38H,6,14-16H2,1-5H3,(H,36,37). The molecule has 1 aliphatic rings. The van der Waals surface area contributed by atoms with Crippen LogP contribution in [0.15, 0.2) is 60.9 Å². The first kappa shape index (κ1) is 32.8. The number of aromatic nitrogens is 2. The van der Waals surface area contributed by atoms with Gasteiger partial charge in [0.1, 0.15) is 17.1 Å². The summed E-state index contributed by atoms with van der Waals surface area (Å²) in [4.78, 5) is 34.8. The molecule has 0 saturated carbocycles. The van der Waals surface area contributed by atoms with Crippen molar-refractivity contribution >= 4 is 44.4 Å². The van der Waals surface area contributed by atoms with E-state index in [9.17, 15) is 22.4 Å². The Balaban J connectivity index is 1.39. The van der Waals surface area contributed by atoms with E-state index in [2.05, 4.69) is 14.7 Å². The van der Waals surface area contributed by atoms with E-state index < -0.39 is 44.5 Å². The van der Waals surface area contributed by atoms with Crippen LogP contribution < -0.4 is 4.72 Å². The molecule has 0 atom stereocenters. The molecule has 2 aromatic carbocycles. The fourth-order valence-electron chi connectivity index (χ4n) is 5.01. The zero-order valence-corrected chi connectivity index (χ0v) is 27.0. The summed E-state index contributed by atoms with van der Waals surface area (Å²) in [5, 5.41) is 0.347. The summed E-state index contributed by atoms with van der Waals surface area (Å²) in [6.45, 7) is 8.20. The van der Waals surface area contributed by atoms with Crippen LogP contribution in [0.4, 0.5) is 19.3 Å². The van der Waals surface area contributed by atoms with E-state index in [0.717, 1.165) is 33.1 Å². The third-order valence-corrected chi connectivity index (χ3v) is 9.20. The van der Waals surface area contributed by atoms with Gasteiger partial charge in [-0.25, -0.2) is 18.6 Å². The van der Waals surface area contributed by atoms with Gasteiger partial charge in [-0.1, -0.05) is 37.3 Å². The molecule has 13 heteroatoms. The molecule has 5 rings (SSSR count). The predicted molar refractivity (Wildman–Crippen MR) is 173 cm³/mol. The summed E-state index contributed by atoms with van der Waals surface area (Å²) in [5.41, 5.74) is 1.91. The number of nitrogens with one attached hydrogen (secondary N) is 2. The fraction of sp³-hybridized carbons (Fsp3) is 0.303. The molecule has 10 nitrogen and oxygen atoms in total. The number of H-pyrrole nitrogens is 1. The van der Waals surface area contributed by atoms with Crippen LogP contribution in [-0.4, -0.2) is 71.8 Å². The summed E-state index contributed by atoms with van der Waals surface area (Å²) < 4.78 is 63.7. The molecular formula is C33H35F2N5O5S. The molecule has 0 radical (unpaired) electrons. The van der Waals surface area contributed by atoms with Gasteiger partial charge in [-0.2, -0.15) is 12.7 Å². The van der Waals surface area contributed by atoms with Crippen molar-refractivity contribution in [3.8, 4) is 11.1 Å². The summed E-state index contributed by atoms with van der Waals surface area (Å²) >= 11 is 0. The smallest absolute Gasteiger partial charge is 0.410 e. The molecule has 0 bridgehead atoms. The molecule has 2 N–H and O–H groups in total. The summed E-state index contributed by atoms with van der Waals surface area (Å²) in [5.74, 6) is -3.42. The van der Waals surface area contributed by atoms with E-state index in [1.54, 1.807) is 24.1 Å². The lowest BCUT2D eigenvalue weighted by atomic mass is 9.96. The Bertz CT molecular complexity index is 1950. The third-order valence-electron chi connectivity index (χ3n) is 7.64. The second-order valence-electron chi connectivity index (χ2n) is 11.9. The van der Waals surface area contributed by atoms with Crippen LogP contribution in [0.5, 0.6) is 0 Å². The molecule has 2 aromatic heterocycles. The van der Waals surface area contributed by atoms with Crippen molar-refractivity contribution in [3.63, 3.8) is 0 Å². The number of nitrogens with zero attached hydrogens (tertiary/aromatic N) is 3. The SMILES string of the molecule is CCN(C)S(=O)(=O)Nc1ccc(F)c(C(=O)c2c[nH]c3ncc(-c4ccc(C5=CCN(C(=O)OC(C)(C)C)CC5)cc4)cc23)c1F. The number of fused-ring (bicyclic) bond motifs is 1. The summed E-state index contributed by atoms with van der Waals surface area (Å²) in [6, 6.07) is 11.2. The van der Waals surface area contributed by atoms with Gasteiger partial charge in [0.2, 0.25) is 5.78 Å². The number of amides is 1. The van der Waals surface area contributed by atoms with Crippen molar-refractivity contribution in [2.24, 2.45) is 0 Å². The number of pyridine rings is 1. The van der Waals surface area contributed by atoms with Crippen LogP contribution in [0.25, 0.3) is 27.7 Å². The van der Waals surface area contributed by atoms with Crippen molar-refractivity contribution in [2.75, 3.05) is 31.4 Å². The van der Waals surface area contributed by atoms with E-state index in [1.165, 1.54) is 13.2 Å². The Morgan fingerprint density at radius 1 is 1.09 bits per heavy atom. The van der Waals surface area contributed by atoms with Gasteiger partial charge in [0.25, 0.3) is 0 Å². The number of hydrogen-bond acceptors (Lipinski definition) is 6. The number of ether oxygens (including phenoxy) is 1. The van der Waals surface area contributed by atoms with Gasteiger partial charge < -0.3 is 14.6 Å². The molecule has 3 heterocycles. The number of carbonyl (C=O) groups excluding carboxylic acids is 2. The summed E-state index contributed by atoms with van der Waals surface area (Å²) in [6.07, 6.45) is 5.29. The number of ketones is 1. The number of carbonyl (C=O) groups is 2. The van der Waals surface area contributed by atoms with Crippen molar-refractivity contribution in [1.29, 1.82) is 0 Å². The molecule has 0 fully saturated rings. The van der Waals surface area contributed by atoms with E-state index in [4.69, 9.17) is 4.74 Å². The minimum absolute atomic E-state index is 0.0219. The topological polar surface area (TPSA) is 125 Å². The minimum atomic E-state index is -4.12. The second kappa shape index (κ2) is 12.6. The van der Waals surface area contributed by atoms with Crippen LogP contribution in [0.2, 0.25) is 0 Å². The normalized spacial score (nSPS) is 14.0. The maximum atomic E-state index is 15.5. The lowest BCUT2D eigenvalue weighted by molar-refractivity contribution is 0.0270. The fourth-order valence-corrected chi connectivity index (χ4v) is 5.94. The maximum absolute atomic E-state index is 15.5. The molecule has 242 valence electrons. The third kappa shape index (κ3) is 6.80. The van der Waals surface area contributed by atoms with E-state index in [0.29, 0.717) is 36.1 Å². The van der Waals surface area contributed by atoms with Gasteiger partial charge in [-0.05, 0) is 62.1 Å². The van der Waals surface area contributed by atoms with Crippen LogP contribution >= 0.6 is 0 Å². The highest BCUT2D eigenvalue weighted by Gasteiger charge is 2.27. The number of anilines is 1. The second-order valence-corrected chi connectivity index (χ2v) is 13.7. The number of hydrogen-bond donors (Lipinski definition) is 2. The van der Waals surface area contributed by atoms with Gasteiger partial charge in [-0.15, -0.1) is 0 Å². The van der Waals surface area contributed by atoms with Crippen LogP contribution in [0.1, 0.15) is 55.6 Å². The highest BCUT2D eigenvalue weighted by Crippen LogP contribution is 2.31. The number of aromatic amines is 1. The molecule has 0 unspecified atom stereocenters. The van der Waals surface area contributed by atoms with Gasteiger partial charge >= 0.3 is 16.3 Å². The Kier molecular flexibility index (Phi) is 9.00. The average molecular weight is 652 g/mol. The number of rotatable bonds is 8. The molecular weight excluding hydrogens is 616 g/mol.